The number of aromatic nitrogens is 4. The summed E-state index contributed by atoms with van der Waals surface area (Å²) in [5, 5.41) is 22.0. The van der Waals surface area contributed by atoms with Crippen LogP contribution in [0.1, 0.15) is 20.3 Å². The van der Waals surface area contributed by atoms with E-state index in [0.29, 0.717) is 11.1 Å². The van der Waals surface area contributed by atoms with E-state index in [1.165, 1.54) is 11.8 Å². The van der Waals surface area contributed by atoms with E-state index in [-0.39, 0.29) is 18.2 Å². The quantitative estimate of drug-likeness (QED) is 0.275. The maximum Gasteiger partial charge on any atom is 0.231 e. The molecule has 0 aliphatic carbocycles. The van der Waals surface area contributed by atoms with E-state index >= 15 is 0 Å². The minimum absolute atomic E-state index is 0.00402. The van der Waals surface area contributed by atoms with Gasteiger partial charge in [0.2, 0.25) is 5.91 Å². The molecule has 7 nitrogen and oxygen atoms in total. The van der Waals surface area contributed by atoms with Crippen LogP contribution >= 0.6 is 11.8 Å². The fraction of sp³-hybridized carbons (Fsp3) is 0.269. The molecule has 2 aromatic heterocycles. The highest BCUT2D eigenvalue weighted by atomic mass is 32.2. The van der Waals surface area contributed by atoms with Gasteiger partial charge in [-0.1, -0.05) is 74.1 Å². The number of carbonyl (C=O) groups is 1. The molecule has 0 unspecified atom stereocenters. The molecule has 0 saturated heterocycles. The van der Waals surface area contributed by atoms with Crippen LogP contribution in [0.25, 0.3) is 33.5 Å². The average Bonchev–Trinajstić information content (AvgIpc) is 3.27. The number of pyridine rings is 1. The second kappa shape index (κ2) is 10.9. The molecule has 0 saturated carbocycles. The van der Waals surface area contributed by atoms with Gasteiger partial charge in [0.25, 0.3) is 0 Å². The molecule has 2 heterocycles. The van der Waals surface area contributed by atoms with Gasteiger partial charge in [0.1, 0.15) is 6.54 Å². The molecule has 0 aliphatic rings. The summed E-state index contributed by atoms with van der Waals surface area (Å²) in [5.41, 5.74) is 3.76. The summed E-state index contributed by atoms with van der Waals surface area (Å²) < 4.78 is 2.10. The third-order valence-corrected chi connectivity index (χ3v) is 6.34. The molecule has 1 amide bonds. The third-order valence-electron chi connectivity index (χ3n) is 5.37. The summed E-state index contributed by atoms with van der Waals surface area (Å²) in [6.07, 6.45) is 0.952. The van der Waals surface area contributed by atoms with E-state index in [4.69, 9.17) is 10.2 Å². The van der Waals surface area contributed by atoms with Crippen LogP contribution in [0, 0.1) is 17.2 Å². The first-order valence-electron chi connectivity index (χ1n) is 11.2. The zero-order valence-corrected chi connectivity index (χ0v) is 20.0. The number of para-hydroxylation sites is 1. The Kier molecular flexibility index (Phi) is 7.55. The summed E-state index contributed by atoms with van der Waals surface area (Å²) in [6, 6.07) is 22.1. The predicted octanol–water partition coefficient (Wildman–Crippen LogP) is 4.94. The molecular weight excluding hydrogens is 444 g/mol. The van der Waals surface area contributed by atoms with Crippen molar-refractivity contribution in [2.45, 2.75) is 32.0 Å². The van der Waals surface area contributed by atoms with Crippen LogP contribution in [0.4, 0.5) is 0 Å². The van der Waals surface area contributed by atoms with Crippen LogP contribution in [-0.2, 0) is 11.3 Å². The fourth-order valence-electron chi connectivity index (χ4n) is 3.62. The lowest BCUT2D eigenvalue weighted by Crippen LogP contribution is -2.25. The minimum atomic E-state index is -0.202. The van der Waals surface area contributed by atoms with Crippen molar-refractivity contribution < 1.29 is 4.79 Å². The summed E-state index contributed by atoms with van der Waals surface area (Å²) in [4.78, 5) is 16.9. The molecule has 0 spiro atoms. The van der Waals surface area contributed by atoms with Crippen molar-refractivity contribution in [1.82, 2.24) is 25.1 Å². The smallest absolute Gasteiger partial charge is 0.231 e. The molecule has 34 heavy (non-hydrogen) atoms. The standard InChI is InChI=1S/C26H26N6OS/c1-18(2)12-15-32-25(30-31-26(32)34-17-24(33)28-14-13-27)21-16-23(19-8-4-3-5-9-19)29-22-11-7-6-10-20(21)22/h3-11,16,18H,12,14-15,17H2,1-2H3,(H,28,33). The van der Waals surface area contributed by atoms with Gasteiger partial charge in [-0.3, -0.25) is 4.79 Å². The number of hydrogen-bond donors (Lipinski definition) is 1. The highest BCUT2D eigenvalue weighted by molar-refractivity contribution is 7.99. The Labute approximate surface area is 203 Å². The Hall–Kier alpha value is -3.70. The third kappa shape index (κ3) is 5.43. The Morgan fingerprint density at radius 2 is 1.88 bits per heavy atom. The monoisotopic (exact) mass is 470 g/mol. The normalized spacial score (nSPS) is 11.0. The molecule has 0 radical (unpaired) electrons. The van der Waals surface area contributed by atoms with E-state index < -0.39 is 0 Å². The molecular formula is C26H26N6OS. The molecule has 4 aromatic rings. The highest BCUT2D eigenvalue weighted by Gasteiger charge is 2.19. The van der Waals surface area contributed by atoms with Gasteiger partial charge >= 0.3 is 0 Å². The van der Waals surface area contributed by atoms with Gasteiger partial charge in [-0.15, -0.1) is 10.2 Å². The molecule has 0 bridgehead atoms. The summed E-state index contributed by atoms with van der Waals surface area (Å²) in [5.74, 6) is 1.23. The van der Waals surface area contributed by atoms with E-state index in [1.54, 1.807) is 0 Å². The maximum atomic E-state index is 12.1. The van der Waals surface area contributed by atoms with Gasteiger partial charge in [-0.2, -0.15) is 5.26 Å². The molecule has 8 heteroatoms. The molecule has 2 aromatic carbocycles. The predicted molar refractivity (Wildman–Crippen MR) is 135 cm³/mol. The van der Waals surface area contributed by atoms with E-state index in [2.05, 4.69) is 46.1 Å². The van der Waals surface area contributed by atoms with Crippen molar-refractivity contribution in [2.75, 3.05) is 12.3 Å². The molecule has 0 fully saturated rings. The number of thioether (sulfide) groups is 1. The van der Waals surface area contributed by atoms with Crippen molar-refractivity contribution in [3.05, 3.63) is 60.7 Å². The summed E-state index contributed by atoms with van der Waals surface area (Å²) in [7, 11) is 0. The van der Waals surface area contributed by atoms with Crippen molar-refractivity contribution >= 4 is 28.6 Å². The van der Waals surface area contributed by atoms with E-state index in [1.807, 2.05) is 54.6 Å². The Bertz CT molecular complexity index is 1330. The van der Waals surface area contributed by atoms with Crippen molar-refractivity contribution in [3.8, 4) is 28.7 Å². The van der Waals surface area contributed by atoms with Gasteiger partial charge in [-0.25, -0.2) is 4.98 Å². The van der Waals surface area contributed by atoms with Crippen molar-refractivity contribution in [3.63, 3.8) is 0 Å². The lowest BCUT2D eigenvalue weighted by molar-refractivity contribution is -0.118. The summed E-state index contributed by atoms with van der Waals surface area (Å²) >= 11 is 1.33. The molecule has 0 atom stereocenters. The SMILES string of the molecule is CC(C)CCn1c(SCC(=O)NCC#N)nnc1-c1cc(-c2ccccc2)nc2ccccc12. The van der Waals surface area contributed by atoms with Gasteiger partial charge in [0.05, 0.1) is 23.0 Å². The number of carbonyl (C=O) groups excluding carboxylic acids is 1. The van der Waals surface area contributed by atoms with Gasteiger partial charge in [0.15, 0.2) is 11.0 Å². The second-order valence-electron chi connectivity index (χ2n) is 8.30. The first kappa shape index (κ1) is 23.5. The average molecular weight is 471 g/mol. The Morgan fingerprint density at radius 1 is 1.12 bits per heavy atom. The van der Waals surface area contributed by atoms with Crippen LogP contribution < -0.4 is 5.32 Å². The van der Waals surface area contributed by atoms with Crippen molar-refractivity contribution in [1.29, 1.82) is 5.26 Å². The van der Waals surface area contributed by atoms with Gasteiger partial charge < -0.3 is 9.88 Å². The molecule has 172 valence electrons. The highest BCUT2D eigenvalue weighted by Crippen LogP contribution is 2.33. The first-order chi connectivity index (χ1) is 16.6. The van der Waals surface area contributed by atoms with Crippen LogP contribution in [-0.4, -0.2) is 38.0 Å². The number of nitrogens with zero attached hydrogens (tertiary/aromatic N) is 5. The molecule has 4 rings (SSSR count). The number of amides is 1. The van der Waals surface area contributed by atoms with Gasteiger partial charge in [-0.05, 0) is 24.5 Å². The zero-order valence-electron chi connectivity index (χ0n) is 19.2. The van der Waals surface area contributed by atoms with Crippen LogP contribution in [0.3, 0.4) is 0 Å². The largest absolute Gasteiger partial charge is 0.342 e. The number of fused-ring (bicyclic) bond motifs is 1. The fourth-order valence-corrected chi connectivity index (χ4v) is 4.41. The second-order valence-corrected chi connectivity index (χ2v) is 9.24. The Morgan fingerprint density at radius 3 is 2.65 bits per heavy atom. The zero-order chi connectivity index (χ0) is 23.9. The lowest BCUT2D eigenvalue weighted by Gasteiger charge is -2.14. The van der Waals surface area contributed by atoms with Crippen LogP contribution in [0.15, 0.2) is 65.8 Å². The Balaban J connectivity index is 1.78. The number of nitrogens with one attached hydrogen (secondary N) is 1. The van der Waals surface area contributed by atoms with Gasteiger partial charge in [0, 0.05) is 23.1 Å². The topological polar surface area (TPSA) is 96.5 Å². The number of hydrogen-bond acceptors (Lipinski definition) is 6. The van der Waals surface area contributed by atoms with E-state index in [9.17, 15) is 4.79 Å². The molecule has 1 N–H and O–H groups in total. The van der Waals surface area contributed by atoms with Crippen LogP contribution in [0.5, 0.6) is 0 Å². The summed E-state index contributed by atoms with van der Waals surface area (Å²) in [6.45, 7) is 5.10. The van der Waals surface area contributed by atoms with Crippen molar-refractivity contribution in [2.24, 2.45) is 5.92 Å². The number of benzene rings is 2. The number of nitriles is 1. The molecule has 0 aliphatic heterocycles. The maximum absolute atomic E-state index is 12.1. The first-order valence-corrected chi connectivity index (χ1v) is 12.2. The van der Waals surface area contributed by atoms with E-state index in [0.717, 1.165) is 46.5 Å². The number of rotatable bonds is 9. The lowest BCUT2D eigenvalue weighted by atomic mass is 10.0. The minimum Gasteiger partial charge on any atom is -0.342 e. The van der Waals surface area contributed by atoms with Crippen LogP contribution in [0.2, 0.25) is 0 Å².